The minimum Gasteiger partial charge on any atom is -0.376 e. The molecule has 7 nitrogen and oxygen atoms in total. The van der Waals surface area contributed by atoms with Crippen LogP contribution in [0.2, 0.25) is 0 Å². The van der Waals surface area contributed by atoms with Crippen LogP contribution in [-0.2, 0) is 22.5 Å². The Morgan fingerprint density at radius 1 is 1.21 bits per heavy atom. The molecule has 152 valence electrons. The van der Waals surface area contributed by atoms with Crippen LogP contribution in [0.5, 0.6) is 0 Å². The van der Waals surface area contributed by atoms with E-state index in [0.717, 1.165) is 32.4 Å². The molecule has 7 heteroatoms. The Balaban J connectivity index is 1.39. The molecule has 1 atom stereocenters. The highest BCUT2D eigenvalue weighted by Gasteiger charge is 2.26. The molecule has 2 aliphatic heterocycles. The highest BCUT2D eigenvalue weighted by molar-refractivity contribution is 5.92. The Morgan fingerprint density at radius 2 is 2.07 bits per heavy atom. The number of carbonyl (C=O) groups excluding carboxylic acids is 2. The first-order valence-corrected chi connectivity index (χ1v) is 10.2. The van der Waals surface area contributed by atoms with Gasteiger partial charge >= 0.3 is 0 Å². The lowest BCUT2D eigenvalue weighted by Crippen LogP contribution is -2.42. The summed E-state index contributed by atoms with van der Waals surface area (Å²) in [5.74, 6) is -0.130. The van der Waals surface area contributed by atoms with E-state index in [-0.39, 0.29) is 17.9 Å². The number of ether oxygens (including phenoxy) is 1. The topological polar surface area (TPSA) is 75.6 Å². The minimum absolute atomic E-state index is 0.0209. The van der Waals surface area contributed by atoms with Crippen molar-refractivity contribution in [3.8, 4) is 0 Å². The van der Waals surface area contributed by atoms with Gasteiger partial charge in [0.05, 0.1) is 12.3 Å². The van der Waals surface area contributed by atoms with Crippen molar-refractivity contribution in [2.45, 2.75) is 38.3 Å². The van der Waals surface area contributed by atoms with Crippen molar-refractivity contribution >= 4 is 11.8 Å². The van der Waals surface area contributed by atoms with E-state index in [4.69, 9.17) is 4.74 Å². The minimum atomic E-state index is -0.203. The monoisotopic (exact) mass is 394 g/mol. The molecule has 2 amide bonds. The zero-order valence-electron chi connectivity index (χ0n) is 16.5. The van der Waals surface area contributed by atoms with Gasteiger partial charge in [0.25, 0.3) is 5.91 Å². The van der Waals surface area contributed by atoms with Crippen molar-refractivity contribution in [1.29, 1.82) is 0 Å². The van der Waals surface area contributed by atoms with Gasteiger partial charge in [-0.1, -0.05) is 24.3 Å². The Kier molecular flexibility index (Phi) is 6.14. The number of amides is 2. The summed E-state index contributed by atoms with van der Waals surface area (Å²) in [7, 11) is 0. The molecule has 1 fully saturated rings. The molecular formula is C22H26N4O3. The quantitative estimate of drug-likeness (QED) is 0.750. The van der Waals surface area contributed by atoms with Gasteiger partial charge in [0.2, 0.25) is 5.91 Å². The molecule has 3 heterocycles. The van der Waals surface area contributed by atoms with Gasteiger partial charge < -0.3 is 14.5 Å². The Labute approximate surface area is 170 Å². The molecule has 1 aromatic carbocycles. The van der Waals surface area contributed by atoms with Crippen LogP contribution >= 0.6 is 0 Å². The molecule has 0 spiro atoms. The summed E-state index contributed by atoms with van der Waals surface area (Å²) in [5.41, 5.74) is 2.82. The van der Waals surface area contributed by atoms with Crippen molar-refractivity contribution in [2.75, 3.05) is 26.2 Å². The standard InChI is InChI=1S/C22H26N4O3/c27-21(25-11-7-17-4-1-2-5-18(17)15-25)8-12-26(16-19-6-3-13-29-19)22(28)20-14-23-9-10-24-20/h1-2,4-5,9-10,14,19H,3,6-8,11-13,15-16H2. The van der Waals surface area contributed by atoms with E-state index < -0.39 is 0 Å². The zero-order chi connectivity index (χ0) is 20.1. The summed E-state index contributed by atoms with van der Waals surface area (Å²) in [5, 5.41) is 0. The van der Waals surface area contributed by atoms with Gasteiger partial charge in [0.15, 0.2) is 0 Å². The normalized spacial score (nSPS) is 18.3. The van der Waals surface area contributed by atoms with Crippen molar-refractivity contribution in [3.05, 3.63) is 59.7 Å². The summed E-state index contributed by atoms with van der Waals surface area (Å²) in [6.07, 6.45) is 7.64. The largest absolute Gasteiger partial charge is 0.376 e. The highest BCUT2D eigenvalue weighted by atomic mass is 16.5. The fourth-order valence-corrected chi connectivity index (χ4v) is 3.98. The summed E-state index contributed by atoms with van der Waals surface area (Å²) in [6, 6.07) is 8.25. The summed E-state index contributed by atoms with van der Waals surface area (Å²) in [6.45, 7) is 2.92. The van der Waals surface area contributed by atoms with E-state index in [2.05, 4.69) is 22.1 Å². The number of benzene rings is 1. The zero-order valence-corrected chi connectivity index (χ0v) is 16.5. The molecule has 4 rings (SSSR count). The van der Waals surface area contributed by atoms with E-state index >= 15 is 0 Å². The Hall–Kier alpha value is -2.80. The lowest BCUT2D eigenvalue weighted by molar-refractivity contribution is -0.132. The fourth-order valence-electron chi connectivity index (χ4n) is 3.98. The molecule has 2 aliphatic rings. The second-order valence-electron chi connectivity index (χ2n) is 7.56. The van der Waals surface area contributed by atoms with Gasteiger partial charge in [-0.05, 0) is 30.4 Å². The number of aromatic nitrogens is 2. The van der Waals surface area contributed by atoms with Gasteiger partial charge in [-0.3, -0.25) is 14.6 Å². The first-order valence-electron chi connectivity index (χ1n) is 10.2. The van der Waals surface area contributed by atoms with Crippen LogP contribution in [0, 0.1) is 0 Å². The predicted octanol–water partition coefficient (Wildman–Crippen LogP) is 2.07. The first-order chi connectivity index (χ1) is 14.2. The fraction of sp³-hybridized carbons (Fsp3) is 0.455. The number of nitrogens with zero attached hydrogens (tertiary/aromatic N) is 4. The molecule has 0 radical (unpaired) electrons. The number of rotatable bonds is 6. The molecule has 1 unspecified atom stereocenters. The maximum absolute atomic E-state index is 12.9. The molecule has 1 aromatic heterocycles. The van der Waals surface area contributed by atoms with E-state index in [1.807, 2.05) is 17.0 Å². The molecule has 2 aromatic rings. The van der Waals surface area contributed by atoms with E-state index in [1.165, 1.54) is 23.5 Å². The maximum atomic E-state index is 12.9. The number of carbonyl (C=O) groups is 2. The number of hydrogen-bond donors (Lipinski definition) is 0. The smallest absolute Gasteiger partial charge is 0.274 e. The maximum Gasteiger partial charge on any atom is 0.274 e. The molecule has 29 heavy (non-hydrogen) atoms. The number of fused-ring (bicyclic) bond motifs is 1. The van der Waals surface area contributed by atoms with Gasteiger partial charge in [-0.2, -0.15) is 0 Å². The average Bonchev–Trinajstić information content (AvgIpc) is 3.29. The summed E-state index contributed by atoms with van der Waals surface area (Å²) < 4.78 is 5.71. The van der Waals surface area contributed by atoms with Crippen LogP contribution in [-0.4, -0.2) is 63.9 Å². The third-order valence-electron chi connectivity index (χ3n) is 5.60. The van der Waals surface area contributed by atoms with Crippen molar-refractivity contribution in [3.63, 3.8) is 0 Å². The van der Waals surface area contributed by atoms with Crippen molar-refractivity contribution in [1.82, 2.24) is 19.8 Å². The molecule has 0 bridgehead atoms. The summed E-state index contributed by atoms with van der Waals surface area (Å²) >= 11 is 0. The van der Waals surface area contributed by atoms with Crippen LogP contribution < -0.4 is 0 Å². The molecule has 0 saturated carbocycles. The Morgan fingerprint density at radius 3 is 2.83 bits per heavy atom. The average molecular weight is 394 g/mol. The molecule has 1 saturated heterocycles. The molecular weight excluding hydrogens is 368 g/mol. The Bertz CT molecular complexity index is 852. The highest BCUT2D eigenvalue weighted by Crippen LogP contribution is 2.20. The third-order valence-corrected chi connectivity index (χ3v) is 5.60. The lowest BCUT2D eigenvalue weighted by Gasteiger charge is -2.30. The van der Waals surface area contributed by atoms with E-state index in [0.29, 0.717) is 31.7 Å². The van der Waals surface area contributed by atoms with Crippen LogP contribution in [0.25, 0.3) is 0 Å². The number of hydrogen-bond acceptors (Lipinski definition) is 5. The third kappa shape index (κ3) is 4.79. The second-order valence-corrected chi connectivity index (χ2v) is 7.56. The summed E-state index contributed by atoms with van der Waals surface area (Å²) in [4.78, 5) is 37.5. The second kappa shape index (κ2) is 9.13. The first kappa shape index (κ1) is 19.5. The van der Waals surface area contributed by atoms with Crippen molar-refractivity contribution < 1.29 is 14.3 Å². The molecule has 0 aliphatic carbocycles. The molecule has 0 N–H and O–H groups in total. The van der Waals surface area contributed by atoms with Crippen LogP contribution in [0.3, 0.4) is 0 Å². The predicted molar refractivity (Wildman–Crippen MR) is 107 cm³/mol. The van der Waals surface area contributed by atoms with Crippen molar-refractivity contribution in [2.24, 2.45) is 0 Å². The van der Waals surface area contributed by atoms with Gasteiger partial charge in [-0.15, -0.1) is 0 Å². The van der Waals surface area contributed by atoms with E-state index in [1.54, 1.807) is 11.1 Å². The van der Waals surface area contributed by atoms with Gasteiger partial charge in [0, 0.05) is 51.6 Å². The van der Waals surface area contributed by atoms with Gasteiger partial charge in [0.1, 0.15) is 5.69 Å². The van der Waals surface area contributed by atoms with Crippen LogP contribution in [0.15, 0.2) is 42.9 Å². The SMILES string of the molecule is O=C(CCN(CC1CCCO1)C(=O)c1cnccn1)N1CCc2ccccc2C1. The van der Waals surface area contributed by atoms with Crippen LogP contribution in [0.4, 0.5) is 0 Å². The van der Waals surface area contributed by atoms with Crippen LogP contribution in [0.1, 0.15) is 40.9 Å². The lowest BCUT2D eigenvalue weighted by atomic mass is 10.00. The van der Waals surface area contributed by atoms with E-state index in [9.17, 15) is 9.59 Å². The van der Waals surface area contributed by atoms with Gasteiger partial charge in [-0.25, -0.2) is 4.98 Å².